The number of hydrogen-bond donors (Lipinski definition) is 3. The van der Waals surface area contributed by atoms with Crippen LogP contribution in [-0.4, -0.2) is 29.2 Å². The molecule has 0 amide bonds. The first-order valence-electron chi connectivity index (χ1n) is 7.41. The van der Waals surface area contributed by atoms with E-state index in [2.05, 4.69) is 5.32 Å². The zero-order valence-electron chi connectivity index (χ0n) is 12.8. The second kappa shape index (κ2) is 6.37. The van der Waals surface area contributed by atoms with E-state index >= 15 is 0 Å². The average molecular weight is 337 g/mol. The fourth-order valence-corrected chi connectivity index (χ4v) is 4.56. The Morgan fingerprint density at radius 2 is 1.83 bits per heavy atom. The first kappa shape index (κ1) is 16.1. The largest absolute Gasteiger partial charge is 0.320 e. The molecule has 0 aliphatic carbocycles. The third kappa shape index (κ3) is 2.76. The number of benzene rings is 2. The molecule has 0 saturated carbocycles. The number of halogens is 1. The van der Waals surface area contributed by atoms with Crippen molar-refractivity contribution in [3.05, 3.63) is 54.3 Å². The number of rotatable bonds is 5. The van der Waals surface area contributed by atoms with Gasteiger partial charge in [0.25, 0.3) is 0 Å². The van der Waals surface area contributed by atoms with E-state index in [-0.39, 0.29) is 5.69 Å². The highest BCUT2D eigenvalue weighted by Crippen LogP contribution is 2.64. The summed E-state index contributed by atoms with van der Waals surface area (Å²) in [6.45, 7) is 1.06. The summed E-state index contributed by atoms with van der Waals surface area (Å²) in [5, 5.41) is 3.01. The molecule has 0 aromatic heterocycles. The standard InChI is InChI=1S/C16H20FN3O2S/c1-18-11-6-12-19-16-14(17)9-5-10-15(16)20(23(19,21)22)13-7-3-2-4-8-13/h2-5,7-10,18,21-22H,6,11-12H2,1H3. The minimum atomic E-state index is -3.34. The average Bonchev–Trinajstić information content (AvgIpc) is 2.76. The van der Waals surface area contributed by atoms with Crippen LogP contribution in [0.1, 0.15) is 6.42 Å². The topological polar surface area (TPSA) is 59.0 Å². The summed E-state index contributed by atoms with van der Waals surface area (Å²) in [6.07, 6.45) is 0.669. The van der Waals surface area contributed by atoms with Crippen molar-refractivity contribution >= 4 is 28.0 Å². The SMILES string of the molecule is CNCCCN1c2c(F)cccc2N(c2ccccc2)S1(O)O. The third-order valence-electron chi connectivity index (χ3n) is 3.75. The maximum atomic E-state index is 14.4. The van der Waals surface area contributed by atoms with Gasteiger partial charge in [0.2, 0.25) is 0 Å². The number of fused-ring (bicyclic) bond motifs is 1. The van der Waals surface area contributed by atoms with Crippen molar-refractivity contribution in [2.24, 2.45) is 0 Å². The molecule has 124 valence electrons. The molecule has 0 atom stereocenters. The summed E-state index contributed by atoms with van der Waals surface area (Å²) in [5.41, 5.74) is 1.34. The van der Waals surface area contributed by atoms with Crippen molar-refractivity contribution in [1.29, 1.82) is 0 Å². The molecule has 5 nitrogen and oxygen atoms in total. The third-order valence-corrected chi connectivity index (χ3v) is 5.61. The van der Waals surface area contributed by atoms with E-state index in [0.717, 1.165) is 0 Å². The number of nitrogens with one attached hydrogen (secondary N) is 1. The maximum absolute atomic E-state index is 14.4. The van der Waals surface area contributed by atoms with Gasteiger partial charge in [-0.3, -0.25) is 9.11 Å². The van der Waals surface area contributed by atoms with Gasteiger partial charge in [-0.05, 0) is 55.2 Å². The van der Waals surface area contributed by atoms with Crippen molar-refractivity contribution in [2.75, 3.05) is 28.7 Å². The van der Waals surface area contributed by atoms with E-state index in [9.17, 15) is 13.5 Å². The molecule has 23 heavy (non-hydrogen) atoms. The highest BCUT2D eigenvalue weighted by atomic mass is 32.3. The van der Waals surface area contributed by atoms with Gasteiger partial charge in [0.1, 0.15) is 11.5 Å². The molecule has 1 aliphatic heterocycles. The molecule has 0 saturated heterocycles. The monoisotopic (exact) mass is 337 g/mol. The van der Waals surface area contributed by atoms with E-state index < -0.39 is 16.8 Å². The zero-order valence-corrected chi connectivity index (χ0v) is 13.6. The van der Waals surface area contributed by atoms with Crippen LogP contribution in [0.2, 0.25) is 0 Å². The Bertz CT molecular complexity index is 684. The van der Waals surface area contributed by atoms with Crippen LogP contribution in [0.5, 0.6) is 0 Å². The molecule has 0 radical (unpaired) electrons. The quantitative estimate of drug-likeness (QED) is 0.721. The van der Waals surface area contributed by atoms with Crippen molar-refractivity contribution in [2.45, 2.75) is 6.42 Å². The molecule has 0 unspecified atom stereocenters. The molecular weight excluding hydrogens is 317 g/mol. The molecule has 7 heteroatoms. The van der Waals surface area contributed by atoms with Crippen LogP contribution in [0.3, 0.4) is 0 Å². The van der Waals surface area contributed by atoms with Crippen LogP contribution in [0.4, 0.5) is 21.5 Å². The Labute approximate surface area is 137 Å². The van der Waals surface area contributed by atoms with Crippen molar-refractivity contribution < 1.29 is 13.5 Å². The normalized spacial score (nSPS) is 17.2. The van der Waals surface area contributed by atoms with Gasteiger partial charge >= 0.3 is 0 Å². The predicted octanol–water partition coefficient (Wildman–Crippen LogP) is 3.97. The Balaban J connectivity index is 2.07. The maximum Gasteiger partial charge on any atom is 0.150 e. The van der Waals surface area contributed by atoms with Crippen molar-refractivity contribution in [1.82, 2.24) is 5.32 Å². The first-order valence-corrected chi connectivity index (χ1v) is 8.88. The predicted molar refractivity (Wildman–Crippen MR) is 93.7 cm³/mol. The van der Waals surface area contributed by atoms with E-state index in [1.54, 1.807) is 24.3 Å². The first-order chi connectivity index (χ1) is 11.1. The Morgan fingerprint density at radius 1 is 1.09 bits per heavy atom. The fraction of sp³-hybridized carbons (Fsp3) is 0.250. The summed E-state index contributed by atoms with van der Waals surface area (Å²) < 4.78 is 38.8. The van der Waals surface area contributed by atoms with E-state index in [1.165, 1.54) is 14.7 Å². The summed E-state index contributed by atoms with van der Waals surface area (Å²) in [5.74, 6) is -0.453. The smallest absolute Gasteiger partial charge is 0.150 e. The summed E-state index contributed by atoms with van der Waals surface area (Å²) in [7, 11) is -1.52. The van der Waals surface area contributed by atoms with Crippen LogP contribution in [-0.2, 0) is 0 Å². The van der Waals surface area contributed by atoms with Crippen molar-refractivity contribution in [3.8, 4) is 0 Å². The minimum Gasteiger partial charge on any atom is -0.320 e. The van der Waals surface area contributed by atoms with Gasteiger partial charge < -0.3 is 5.32 Å². The molecule has 3 N–H and O–H groups in total. The Hall–Kier alpha value is -1.80. The fourth-order valence-electron chi connectivity index (χ4n) is 2.75. The highest BCUT2D eigenvalue weighted by Gasteiger charge is 2.43. The Kier molecular flexibility index (Phi) is 4.45. The number of anilines is 3. The minimum absolute atomic E-state index is 0.243. The molecular formula is C16H20FN3O2S. The van der Waals surface area contributed by atoms with Crippen LogP contribution in [0.25, 0.3) is 0 Å². The van der Waals surface area contributed by atoms with Crippen molar-refractivity contribution in [3.63, 3.8) is 0 Å². The molecule has 0 bridgehead atoms. The lowest BCUT2D eigenvalue weighted by Gasteiger charge is -2.43. The lowest BCUT2D eigenvalue weighted by Crippen LogP contribution is -2.33. The van der Waals surface area contributed by atoms with E-state index in [0.29, 0.717) is 30.9 Å². The van der Waals surface area contributed by atoms with Gasteiger partial charge in [-0.15, -0.1) is 0 Å². The molecule has 3 rings (SSSR count). The van der Waals surface area contributed by atoms with Gasteiger partial charge in [-0.25, -0.2) is 13.0 Å². The number of nitrogens with zero attached hydrogens (tertiary/aromatic N) is 2. The van der Waals surface area contributed by atoms with Gasteiger partial charge in [-0.1, -0.05) is 24.3 Å². The number of para-hydroxylation sites is 2. The molecule has 1 heterocycles. The zero-order chi connectivity index (χ0) is 16.4. The van der Waals surface area contributed by atoms with Gasteiger partial charge in [-0.2, -0.15) is 0 Å². The van der Waals surface area contributed by atoms with Crippen LogP contribution < -0.4 is 13.9 Å². The van der Waals surface area contributed by atoms with Crippen LogP contribution in [0.15, 0.2) is 48.5 Å². The second-order valence-corrected chi connectivity index (χ2v) is 7.07. The van der Waals surface area contributed by atoms with E-state index in [1.807, 2.05) is 25.2 Å². The lowest BCUT2D eigenvalue weighted by atomic mass is 10.2. The molecule has 2 aromatic rings. The van der Waals surface area contributed by atoms with E-state index in [4.69, 9.17) is 0 Å². The Morgan fingerprint density at radius 3 is 2.52 bits per heavy atom. The highest BCUT2D eigenvalue weighted by molar-refractivity contribution is 8.27. The van der Waals surface area contributed by atoms with Gasteiger partial charge in [0.05, 0.1) is 11.4 Å². The summed E-state index contributed by atoms with van der Waals surface area (Å²) in [6, 6.07) is 13.7. The van der Waals surface area contributed by atoms with Crippen LogP contribution >= 0.6 is 11.0 Å². The van der Waals surface area contributed by atoms with Gasteiger partial charge in [0.15, 0.2) is 0 Å². The summed E-state index contributed by atoms with van der Waals surface area (Å²) in [4.78, 5) is 0. The number of hydrogen-bond acceptors (Lipinski definition) is 5. The summed E-state index contributed by atoms with van der Waals surface area (Å²) >= 11 is 0. The molecule has 0 fully saturated rings. The lowest BCUT2D eigenvalue weighted by molar-refractivity contribution is 0.482. The van der Waals surface area contributed by atoms with Gasteiger partial charge in [0, 0.05) is 6.54 Å². The molecule has 2 aromatic carbocycles. The molecule has 0 spiro atoms. The second-order valence-electron chi connectivity index (χ2n) is 5.29. The molecule has 1 aliphatic rings. The van der Waals surface area contributed by atoms with Crippen LogP contribution in [0, 0.1) is 5.82 Å².